The van der Waals surface area contributed by atoms with Gasteiger partial charge in [0, 0.05) is 12.8 Å². The van der Waals surface area contributed by atoms with Gasteiger partial charge in [0.1, 0.15) is 12.7 Å². The van der Waals surface area contributed by atoms with Crippen LogP contribution < -0.4 is 0 Å². The van der Waals surface area contributed by atoms with Gasteiger partial charge in [0.15, 0.2) is 6.10 Å². The molecule has 342 valence electrons. The molecule has 0 radical (unpaired) electrons. The normalized spacial score (nSPS) is 14.3. The number of allylic oxidation sites excluding steroid dienone is 10. The Hall–Kier alpha value is -2.33. The van der Waals surface area contributed by atoms with Crippen molar-refractivity contribution in [3.05, 3.63) is 60.8 Å². The molecule has 0 rings (SSSR count). The summed E-state index contributed by atoms with van der Waals surface area (Å²) in [7, 11) is -4.64. The number of carbonyl (C=O) groups is 2. The molecule has 1 unspecified atom stereocenters. The van der Waals surface area contributed by atoms with Crippen molar-refractivity contribution in [2.75, 3.05) is 26.4 Å². The molecule has 0 heterocycles. The number of ether oxygens (including phenoxy) is 2. The Bertz CT molecular complexity index is 1160. The second kappa shape index (κ2) is 43.7. The van der Waals surface area contributed by atoms with Crippen LogP contribution in [-0.2, 0) is 32.7 Å². The zero-order valence-corrected chi connectivity index (χ0v) is 38.1. The monoisotopic (exact) mass is 853 g/mol. The molecule has 3 N–H and O–H groups in total. The van der Waals surface area contributed by atoms with Crippen molar-refractivity contribution in [3.63, 3.8) is 0 Å². The maximum Gasteiger partial charge on any atom is 0.472 e. The van der Waals surface area contributed by atoms with Crippen LogP contribution in [0.25, 0.3) is 0 Å². The third kappa shape index (κ3) is 43.6. The summed E-state index contributed by atoms with van der Waals surface area (Å²) in [6.07, 6.45) is 49.1. The van der Waals surface area contributed by atoms with Crippen molar-refractivity contribution in [2.24, 2.45) is 0 Å². The van der Waals surface area contributed by atoms with Crippen molar-refractivity contribution in [2.45, 2.75) is 206 Å². The molecule has 0 aliphatic carbocycles. The van der Waals surface area contributed by atoms with E-state index < -0.39 is 51.8 Å². The molecule has 0 aliphatic rings. The second-order valence-electron chi connectivity index (χ2n) is 15.4. The van der Waals surface area contributed by atoms with Crippen LogP contribution in [-0.4, -0.2) is 65.7 Å². The van der Waals surface area contributed by atoms with Gasteiger partial charge < -0.3 is 24.6 Å². The smallest absolute Gasteiger partial charge is 0.462 e. The number of hydrogen-bond donors (Lipinski definition) is 3. The van der Waals surface area contributed by atoms with Gasteiger partial charge in [-0.1, -0.05) is 171 Å². The second-order valence-corrected chi connectivity index (χ2v) is 16.9. The van der Waals surface area contributed by atoms with E-state index in [-0.39, 0.29) is 19.4 Å². The molecular weight excluding hydrogens is 767 g/mol. The highest BCUT2D eigenvalue weighted by Crippen LogP contribution is 2.43. The van der Waals surface area contributed by atoms with Crippen LogP contribution >= 0.6 is 7.82 Å². The van der Waals surface area contributed by atoms with Crippen LogP contribution in [0, 0.1) is 0 Å². The molecule has 0 saturated heterocycles. The molecule has 10 nitrogen and oxygen atoms in total. The summed E-state index contributed by atoms with van der Waals surface area (Å²) in [4.78, 5) is 35.0. The fraction of sp³-hybridized carbons (Fsp3) is 0.750. The molecule has 0 amide bonds. The van der Waals surface area contributed by atoms with Gasteiger partial charge in [0.05, 0.1) is 19.8 Å². The van der Waals surface area contributed by atoms with Gasteiger partial charge in [0.25, 0.3) is 0 Å². The molecule has 3 atom stereocenters. The molecular formula is C48H85O10P. The van der Waals surface area contributed by atoms with E-state index in [1.165, 1.54) is 109 Å². The molecule has 0 aromatic rings. The van der Waals surface area contributed by atoms with E-state index >= 15 is 0 Å². The van der Waals surface area contributed by atoms with Gasteiger partial charge in [-0.05, 0) is 70.6 Å². The highest BCUT2D eigenvalue weighted by atomic mass is 31.2. The Labute approximate surface area is 359 Å². The van der Waals surface area contributed by atoms with E-state index in [1.54, 1.807) is 0 Å². The van der Waals surface area contributed by atoms with Crippen molar-refractivity contribution in [1.29, 1.82) is 0 Å². The van der Waals surface area contributed by atoms with E-state index in [0.29, 0.717) is 19.3 Å². The molecule has 59 heavy (non-hydrogen) atoms. The highest BCUT2D eigenvalue weighted by Gasteiger charge is 2.27. The summed E-state index contributed by atoms with van der Waals surface area (Å²) in [5.74, 6) is -0.993. The van der Waals surface area contributed by atoms with Gasteiger partial charge >= 0.3 is 19.8 Å². The number of esters is 2. The van der Waals surface area contributed by atoms with Crippen molar-refractivity contribution in [1.82, 2.24) is 0 Å². The van der Waals surface area contributed by atoms with E-state index in [4.69, 9.17) is 19.1 Å². The molecule has 0 bridgehead atoms. The number of phosphoric ester groups is 1. The first kappa shape index (κ1) is 56.7. The zero-order valence-electron chi connectivity index (χ0n) is 37.2. The van der Waals surface area contributed by atoms with Gasteiger partial charge in [-0.3, -0.25) is 18.6 Å². The third-order valence-corrected chi connectivity index (χ3v) is 10.6. The van der Waals surface area contributed by atoms with Crippen LogP contribution in [0.1, 0.15) is 194 Å². The Morgan fingerprint density at radius 3 is 1.44 bits per heavy atom. The number of aliphatic hydroxyl groups is 2. The first-order valence-electron chi connectivity index (χ1n) is 23.2. The summed E-state index contributed by atoms with van der Waals surface area (Å²) in [6.45, 7) is 2.29. The average Bonchev–Trinajstić information content (AvgIpc) is 3.22. The van der Waals surface area contributed by atoms with E-state index in [1.807, 2.05) is 6.08 Å². The predicted octanol–water partition coefficient (Wildman–Crippen LogP) is 12.7. The molecule has 0 fully saturated rings. The summed E-state index contributed by atoms with van der Waals surface area (Å²) >= 11 is 0. The van der Waals surface area contributed by atoms with Gasteiger partial charge in [-0.2, -0.15) is 0 Å². The number of unbranched alkanes of at least 4 members (excludes halogenated alkanes) is 19. The molecule has 0 spiro atoms. The topological polar surface area (TPSA) is 149 Å². The highest BCUT2D eigenvalue weighted by molar-refractivity contribution is 7.47. The summed E-state index contributed by atoms with van der Waals surface area (Å²) in [6, 6.07) is 0. The summed E-state index contributed by atoms with van der Waals surface area (Å²) < 4.78 is 32.7. The fourth-order valence-electron chi connectivity index (χ4n) is 6.03. The standard InChI is InChI=1S/C48H85O10P/c1-3-5-7-9-11-13-15-17-19-20-21-22-23-24-26-28-30-32-34-36-38-40-48(52)58-46(44-57-59(53,54)56-42-45(50)41-49)43-55-47(51)39-37-35-33-31-29-27-25-18-16-14-12-10-8-6-4-2/h10,12,19-20,22-23,26,28,32,34,45-46,49-50H,3-9,11,13-18,21,24-25,27,29-31,33,35-44H2,1-2H3,(H,53,54)/b12-10+,20-19+,23-22+,28-26+,34-32+/t45-,46+/m0/s1. The molecule has 0 aromatic heterocycles. The minimum atomic E-state index is -4.64. The maximum absolute atomic E-state index is 12.6. The predicted molar refractivity (Wildman–Crippen MR) is 242 cm³/mol. The first-order valence-corrected chi connectivity index (χ1v) is 24.7. The SMILES string of the molecule is CCCC/C=C/CCCCCCCCCCCC(=O)OC[C@H](COP(=O)(O)OC[C@@H](O)CO)OC(=O)CCC/C=C/C/C=C/C/C=C/C/C=C/CCCCCCCCC. The van der Waals surface area contributed by atoms with Crippen LogP contribution in [0.4, 0.5) is 0 Å². The number of rotatable bonds is 43. The maximum atomic E-state index is 12.6. The summed E-state index contributed by atoms with van der Waals surface area (Å²) in [5.41, 5.74) is 0. The van der Waals surface area contributed by atoms with Crippen LogP contribution in [0.5, 0.6) is 0 Å². The molecule has 0 aliphatic heterocycles. The lowest BCUT2D eigenvalue weighted by atomic mass is 10.1. The van der Waals surface area contributed by atoms with Crippen LogP contribution in [0.2, 0.25) is 0 Å². The minimum absolute atomic E-state index is 0.107. The van der Waals surface area contributed by atoms with Crippen LogP contribution in [0.15, 0.2) is 60.8 Å². The van der Waals surface area contributed by atoms with Crippen molar-refractivity contribution >= 4 is 19.8 Å². The Morgan fingerprint density at radius 2 is 0.915 bits per heavy atom. The largest absolute Gasteiger partial charge is 0.472 e. The first-order chi connectivity index (χ1) is 28.7. The van der Waals surface area contributed by atoms with Gasteiger partial charge in [0.2, 0.25) is 0 Å². The number of carbonyl (C=O) groups excluding carboxylic acids is 2. The zero-order chi connectivity index (χ0) is 43.3. The molecule has 0 saturated carbocycles. The third-order valence-electron chi connectivity index (χ3n) is 9.64. The lowest BCUT2D eigenvalue weighted by Gasteiger charge is -2.20. The van der Waals surface area contributed by atoms with E-state index in [9.17, 15) is 24.2 Å². The Balaban J connectivity index is 4.36. The van der Waals surface area contributed by atoms with Gasteiger partial charge in [-0.15, -0.1) is 0 Å². The minimum Gasteiger partial charge on any atom is -0.462 e. The van der Waals surface area contributed by atoms with E-state index in [2.05, 4.69) is 73.1 Å². The average molecular weight is 853 g/mol. The van der Waals surface area contributed by atoms with Crippen LogP contribution in [0.3, 0.4) is 0 Å². The number of aliphatic hydroxyl groups excluding tert-OH is 2. The van der Waals surface area contributed by atoms with Crippen molar-refractivity contribution < 1.29 is 47.8 Å². The number of phosphoric acid groups is 1. The van der Waals surface area contributed by atoms with Crippen molar-refractivity contribution in [3.8, 4) is 0 Å². The molecule has 0 aromatic carbocycles. The van der Waals surface area contributed by atoms with E-state index in [0.717, 1.165) is 38.5 Å². The van der Waals surface area contributed by atoms with Gasteiger partial charge in [-0.25, -0.2) is 4.57 Å². The summed E-state index contributed by atoms with van der Waals surface area (Å²) in [5, 5.41) is 18.4. The Kier molecular flexibility index (Phi) is 42.0. The molecule has 11 heteroatoms. The lowest BCUT2D eigenvalue weighted by molar-refractivity contribution is -0.161. The Morgan fingerprint density at radius 1 is 0.508 bits per heavy atom. The lowest BCUT2D eigenvalue weighted by Crippen LogP contribution is -2.29. The quantitative estimate of drug-likeness (QED) is 0.0234. The fourth-order valence-corrected chi connectivity index (χ4v) is 6.82. The number of hydrogen-bond acceptors (Lipinski definition) is 9.